The van der Waals surface area contributed by atoms with E-state index in [1.165, 1.54) is 14.2 Å². The van der Waals surface area contributed by atoms with Crippen molar-refractivity contribution >= 4 is 11.9 Å². The number of carbonyl (C=O) groups excluding carboxylic acids is 2. The minimum atomic E-state index is -0.500. The van der Waals surface area contributed by atoms with Gasteiger partial charge in [-0.25, -0.2) is 0 Å². The highest BCUT2D eigenvalue weighted by atomic mass is 16.5. The molecule has 4 atom stereocenters. The van der Waals surface area contributed by atoms with E-state index in [0.717, 1.165) is 18.7 Å². The van der Waals surface area contributed by atoms with Crippen LogP contribution in [-0.4, -0.2) is 50.2 Å². The van der Waals surface area contributed by atoms with Crippen LogP contribution in [0.1, 0.15) is 25.3 Å². The lowest BCUT2D eigenvalue weighted by Crippen LogP contribution is -2.63. The van der Waals surface area contributed by atoms with Crippen molar-refractivity contribution in [2.75, 3.05) is 27.3 Å². The fourth-order valence-electron chi connectivity index (χ4n) is 3.76. The standard InChI is InChI=1S/C18H25NO4/c1-5-19(6-2)16-13(12-10-8-7-9-11-12)14(17(20)22-3)15(16)18(21)23-4/h7-11,13-16H,5-6H2,1-4H3/t13-,14+,15-,16-/m0/s1. The summed E-state index contributed by atoms with van der Waals surface area (Å²) in [5, 5.41) is 0. The number of esters is 2. The number of hydrogen-bond acceptors (Lipinski definition) is 5. The summed E-state index contributed by atoms with van der Waals surface area (Å²) in [6, 6.07) is 9.81. The first-order chi connectivity index (χ1) is 11.1. The van der Waals surface area contributed by atoms with Gasteiger partial charge in [-0.3, -0.25) is 14.5 Å². The predicted molar refractivity (Wildman–Crippen MR) is 86.9 cm³/mol. The summed E-state index contributed by atoms with van der Waals surface area (Å²) in [4.78, 5) is 26.8. The van der Waals surface area contributed by atoms with Gasteiger partial charge < -0.3 is 9.47 Å². The maximum Gasteiger partial charge on any atom is 0.311 e. The van der Waals surface area contributed by atoms with Crippen LogP contribution in [0.15, 0.2) is 30.3 Å². The number of nitrogens with zero attached hydrogens (tertiary/aromatic N) is 1. The Morgan fingerprint density at radius 2 is 1.48 bits per heavy atom. The molecule has 0 amide bonds. The summed E-state index contributed by atoms with van der Waals surface area (Å²) in [6.07, 6.45) is 0. The molecule has 0 bridgehead atoms. The Hall–Kier alpha value is -1.88. The molecule has 1 fully saturated rings. The van der Waals surface area contributed by atoms with Crippen LogP contribution in [0, 0.1) is 11.8 Å². The van der Waals surface area contributed by atoms with Crippen molar-refractivity contribution in [3.05, 3.63) is 35.9 Å². The lowest BCUT2D eigenvalue weighted by atomic mass is 9.57. The molecule has 0 aliphatic heterocycles. The number of hydrogen-bond donors (Lipinski definition) is 0. The van der Waals surface area contributed by atoms with E-state index in [-0.39, 0.29) is 23.9 Å². The summed E-state index contributed by atoms with van der Waals surface area (Å²) in [5.74, 6) is -1.74. The van der Waals surface area contributed by atoms with Crippen LogP contribution in [0.3, 0.4) is 0 Å². The van der Waals surface area contributed by atoms with Gasteiger partial charge in [-0.1, -0.05) is 44.2 Å². The molecule has 2 rings (SSSR count). The molecular formula is C18H25NO4. The molecule has 1 aliphatic carbocycles. The van der Waals surface area contributed by atoms with Gasteiger partial charge in [0.25, 0.3) is 0 Å². The van der Waals surface area contributed by atoms with Crippen molar-refractivity contribution in [1.29, 1.82) is 0 Å². The number of ether oxygens (including phenoxy) is 2. The van der Waals surface area contributed by atoms with Crippen LogP contribution in [0.5, 0.6) is 0 Å². The molecule has 0 spiro atoms. The van der Waals surface area contributed by atoms with Gasteiger partial charge in [0.1, 0.15) is 0 Å². The van der Waals surface area contributed by atoms with Gasteiger partial charge >= 0.3 is 11.9 Å². The summed E-state index contributed by atoms with van der Waals surface area (Å²) in [5.41, 5.74) is 1.06. The summed E-state index contributed by atoms with van der Waals surface area (Å²) >= 11 is 0. The number of benzene rings is 1. The van der Waals surface area contributed by atoms with Crippen molar-refractivity contribution in [1.82, 2.24) is 4.90 Å². The maximum absolute atomic E-state index is 12.3. The van der Waals surface area contributed by atoms with Gasteiger partial charge in [-0.2, -0.15) is 0 Å². The second-order valence-electron chi connectivity index (χ2n) is 5.75. The van der Waals surface area contributed by atoms with Crippen molar-refractivity contribution in [3.63, 3.8) is 0 Å². The molecular weight excluding hydrogens is 294 g/mol. The Labute approximate surface area is 137 Å². The van der Waals surface area contributed by atoms with E-state index in [1.807, 2.05) is 30.3 Å². The third kappa shape index (κ3) is 3.11. The van der Waals surface area contributed by atoms with E-state index in [4.69, 9.17) is 9.47 Å². The monoisotopic (exact) mass is 319 g/mol. The highest BCUT2D eigenvalue weighted by Gasteiger charge is 2.60. The highest BCUT2D eigenvalue weighted by Crippen LogP contribution is 2.51. The van der Waals surface area contributed by atoms with Gasteiger partial charge in [-0.15, -0.1) is 0 Å². The molecule has 1 aliphatic rings. The highest BCUT2D eigenvalue weighted by molar-refractivity contribution is 5.86. The number of likely N-dealkylation sites (N-methyl/N-ethyl adjacent to an activating group) is 1. The molecule has 5 nitrogen and oxygen atoms in total. The third-order valence-corrected chi connectivity index (χ3v) is 4.87. The van der Waals surface area contributed by atoms with Gasteiger partial charge in [0.15, 0.2) is 0 Å². The zero-order valence-electron chi connectivity index (χ0n) is 14.2. The smallest absolute Gasteiger partial charge is 0.311 e. The van der Waals surface area contributed by atoms with Gasteiger partial charge in [0.05, 0.1) is 26.1 Å². The lowest BCUT2D eigenvalue weighted by molar-refractivity contribution is -0.175. The normalized spacial score (nSPS) is 26.5. The van der Waals surface area contributed by atoms with Gasteiger partial charge in [0.2, 0.25) is 0 Å². The average Bonchev–Trinajstić information content (AvgIpc) is 2.58. The van der Waals surface area contributed by atoms with Crippen LogP contribution in [0.25, 0.3) is 0 Å². The molecule has 0 N–H and O–H groups in total. The SMILES string of the molecule is CCN(CC)[C@@H]1[C@@H](C(=O)OC)[C@H](C(=O)OC)[C@@H]1c1ccccc1. The lowest BCUT2D eigenvalue weighted by Gasteiger charge is -2.53. The van der Waals surface area contributed by atoms with Gasteiger partial charge in [0, 0.05) is 12.0 Å². The molecule has 1 saturated carbocycles. The fraction of sp³-hybridized carbons (Fsp3) is 0.556. The molecule has 0 radical (unpaired) electrons. The van der Waals surface area contributed by atoms with Gasteiger partial charge in [-0.05, 0) is 18.7 Å². The molecule has 1 aromatic rings. The zero-order valence-corrected chi connectivity index (χ0v) is 14.2. The zero-order chi connectivity index (χ0) is 17.0. The summed E-state index contributed by atoms with van der Waals surface area (Å²) < 4.78 is 9.92. The Bertz CT molecular complexity index is 541. The minimum Gasteiger partial charge on any atom is -0.469 e. The Morgan fingerprint density at radius 3 is 1.96 bits per heavy atom. The molecule has 0 heterocycles. The van der Waals surface area contributed by atoms with Crippen molar-refractivity contribution in [3.8, 4) is 0 Å². The van der Waals surface area contributed by atoms with Crippen LogP contribution >= 0.6 is 0 Å². The second-order valence-corrected chi connectivity index (χ2v) is 5.75. The fourth-order valence-corrected chi connectivity index (χ4v) is 3.76. The topological polar surface area (TPSA) is 55.8 Å². The van der Waals surface area contributed by atoms with Crippen molar-refractivity contribution in [2.24, 2.45) is 11.8 Å². The molecule has 5 heteroatoms. The van der Waals surface area contributed by atoms with E-state index in [9.17, 15) is 9.59 Å². The summed E-state index contributed by atoms with van der Waals surface area (Å²) in [7, 11) is 2.73. The van der Waals surface area contributed by atoms with E-state index in [0.29, 0.717) is 0 Å². The first-order valence-electron chi connectivity index (χ1n) is 8.05. The van der Waals surface area contributed by atoms with Crippen molar-refractivity contribution < 1.29 is 19.1 Å². The quantitative estimate of drug-likeness (QED) is 0.751. The minimum absolute atomic E-state index is 0.0519. The van der Waals surface area contributed by atoms with Crippen molar-refractivity contribution in [2.45, 2.75) is 25.8 Å². The molecule has 0 saturated heterocycles. The molecule has 0 unspecified atom stereocenters. The van der Waals surface area contributed by atoms with Crippen LogP contribution in [0.4, 0.5) is 0 Å². The van der Waals surface area contributed by atoms with E-state index < -0.39 is 11.8 Å². The van der Waals surface area contributed by atoms with Crippen LogP contribution in [0.2, 0.25) is 0 Å². The second kappa shape index (κ2) is 7.59. The first kappa shape index (κ1) is 17.5. The van der Waals surface area contributed by atoms with E-state index in [2.05, 4.69) is 18.7 Å². The predicted octanol–water partition coefficient (Wildman–Crippen LogP) is 2.07. The Kier molecular flexibility index (Phi) is 5.77. The third-order valence-electron chi connectivity index (χ3n) is 4.87. The Morgan fingerprint density at radius 1 is 0.957 bits per heavy atom. The maximum atomic E-state index is 12.3. The average molecular weight is 319 g/mol. The van der Waals surface area contributed by atoms with E-state index >= 15 is 0 Å². The molecule has 0 aromatic heterocycles. The van der Waals surface area contributed by atoms with Crippen LogP contribution in [-0.2, 0) is 19.1 Å². The number of methoxy groups -OCH3 is 2. The largest absolute Gasteiger partial charge is 0.469 e. The molecule has 1 aromatic carbocycles. The van der Waals surface area contributed by atoms with E-state index in [1.54, 1.807) is 0 Å². The number of rotatable bonds is 6. The Balaban J connectivity index is 2.44. The summed E-state index contributed by atoms with van der Waals surface area (Å²) in [6.45, 7) is 5.74. The molecule has 23 heavy (non-hydrogen) atoms. The van der Waals surface area contributed by atoms with Crippen LogP contribution < -0.4 is 0 Å². The molecule has 126 valence electrons. The number of carbonyl (C=O) groups is 2. The first-order valence-corrected chi connectivity index (χ1v) is 8.05.